The normalized spacial score (nSPS) is 17.5. The summed E-state index contributed by atoms with van der Waals surface area (Å²) in [4.78, 5) is 36.2. The van der Waals surface area contributed by atoms with E-state index in [9.17, 15) is 14.4 Å². The summed E-state index contributed by atoms with van der Waals surface area (Å²) in [6.07, 6.45) is 0. The van der Waals surface area contributed by atoms with Gasteiger partial charge in [0, 0.05) is 48.9 Å². The number of amides is 3. The molecule has 2 aliphatic rings. The summed E-state index contributed by atoms with van der Waals surface area (Å²) in [5, 5.41) is 11.4. The Labute approximate surface area is 156 Å². The fraction of sp³-hybridized carbons (Fsp3) is 0.250. The molecule has 0 bridgehead atoms. The van der Waals surface area contributed by atoms with Gasteiger partial charge in [-0.3, -0.25) is 14.4 Å². The van der Waals surface area contributed by atoms with Gasteiger partial charge in [-0.2, -0.15) is 0 Å². The fourth-order valence-corrected chi connectivity index (χ4v) is 3.61. The van der Waals surface area contributed by atoms with Gasteiger partial charge in [0.15, 0.2) is 0 Å². The van der Waals surface area contributed by atoms with Crippen molar-refractivity contribution in [3.8, 4) is 0 Å². The van der Waals surface area contributed by atoms with Crippen molar-refractivity contribution >= 4 is 23.4 Å². The third-order valence-corrected chi connectivity index (χ3v) is 5.01. The minimum Gasteiger partial charge on any atom is -0.348 e. The van der Waals surface area contributed by atoms with Crippen molar-refractivity contribution in [2.75, 3.05) is 18.4 Å². The van der Waals surface area contributed by atoms with E-state index < -0.39 is 11.8 Å². The van der Waals surface area contributed by atoms with E-state index in [2.05, 4.69) is 33.4 Å². The molecule has 138 valence electrons. The monoisotopic (exact) mass is 364 g/mol. The van der Waals surface area contributed by atoms with Crippen molar-refractivity contribution in [1.82, 2.24) is 16.0 Å². The van der Waals surface area contributed by atoms with E-state index in [1.165, 1.54) is 11.1 Å². The first-order valence-corrected chi connectivity index (χ1v) is 8.91. The van der Waals surface area contributed by atoms with Crippen molar-refractivity contribution in [3.63, 3.8) is 0 Å². The number of rotatable bonds is 3. The number of carbonyl (C=O) groups excluding carboxylic acids is 3. The van der Waals surface area contributed by atoms with Crippen LogP contribution in [0.3, 0.4) is 0 Å². The number of nitrogens with one attached hydrogen (secondary N) is 4. The summed E-state index contributed by atoms with van der Waals surface area (Å²) in [7, 11) is 0. The molecule has 4 rings (SSSR count). The highest BCUT2D eigenvalue weighted by Crippen LogP contribution is 2.24. The lowest BCUT2D eigenvalue weighted by Gasteiger charge is -2.26. The van der Waals surface area contributed by atoms with Gasteiger partial charge in [0.25, 0.3) is 5.91 Å². The number of fused-ring (bicyclic) bond motifs is 2. The van der Waals surface area contributed by atoms with Crippen LogP contribution in [-0.2, 0) is 22.7 Å². The van der Waals surface area contributed by atoms with Gasteiger partial charge >= 0.3 is 11.8 Å². The molecule has 0 aromatic heterocycles. The molecule has 2 aromatic carbocycles. The Hall–Kier alpha value is -3.19. The van der Waals surface area contributed by atoms with Gasteiger partial charge in [0.1, 0.15) is 0 Å². The number of hydrogen-bond acceptors (Lipinski definition) is 4. The van der Waals surface area contributed by atoms with Gasteiger partial charge in [-0.25, -0.2) is 0 Å². The minimum atomic E-state index is -0.736. The molecule has 0 radical (unpaired) electrons. The Morgan fingerprint density at radius 1 is 1.04 bits per heavy atom. The zero-order chi connectivity index (χ0) is 18.8. The molecule has 0 spiro atoms. The van der Waals surface area contributed by atoms with Gasteiger partial charge < -0.3 is 21.3 Å². The lowest BCUT2D eigenvalue weighted by molar-refractivity contribution is -0.136. The van der Waals surface area contributed by atoms with Crippen molar-refractivity contribution in [3.05, 3.63) is 64.7 Å². The Kier molecular flexibility index (Phi) is 4.60. The van der Waals surface area contributed by atoms with Crippen LogP contribution in [0.4, 0.5) is 5.69 Å². The SMILES string of the molecule is O=C(NCC1CNCc2ccccc21)C(=O)Nc1cccc2c1CNC2=O. The summed E-state index contributed by atoms with van der Waals surface area (Å²) in [6, 6.07) is 13.2. The fourth-order valence-electron chi connectivity index (χ4n) is 3.61. The minimum absolute atomic E-state index is 0.120. The molecule has 2 aliphatic heterocycles. The largest absolute Gasteiger partial charge is 0.348 e. The molecular formula is C20H20N4O3. The van der Waals surface area contributed by atoms with Crippen LogP contribution in [-0.4, -0.2) is 30.8 Å². The maximum absolute atomic E-state index is 12.3. The molecule has 27 heavy (non-hydrogen) atoms. The highest BCUT2D eigenvalue weighted by molar-refractivity contribution is 6.39. The van der Waals surface area contributed by atoms with Crippen LogP contribution < -0.4 is 21.3 Å². The lowest BCUT2D eigenvalue weighted by Crippen LogP contribution is -2.41. The third-order valence-electron chi connectivity index (χ3n) is 5.01. The summed E-state index contributed by atoms with van der Waals surface area (Å²) in [6.45, 7) is 2.28. The van der Waals surface area contributed by atoms with E-state index in [-0.39, 0.29) is 11.8 Å². The Morgan fingerprint density at radius 3 is 2.78 bits per heavy atom. The third kappa shape index (κ3) is 3.41. The number of carbonyl (C=O) groups is 3. The van der Waals surface area contributed by atoms with E-state index in [0.29, 0.717) is 29.9 Å². The van der Waals surface area contributed by atoms with Crippen LogP contribution in [0.2, 0.25) is 0 Å². The van der Waals surface area contributed by atoms with E-state index in [1.54, 1.807) is 18.2 Å². The average Bonchev–Trinajstić information content (AvgIpc) is 3.08. The van der Waals surface area contributed by atoms with E-state index in [0.717, 1.165) is 13.1 Å². The molecule has 1 unspecified atom stereocenters. The Morgan fingerprint density at radius 2 is 1.89 bits per heavy atom. The molecule has 0 saturated heterocycles. The van der Waals surface area contributed by atoms with E-state index >= 15 is 0 Å². The summed E-state index contributed by atoms with van der Waals surface area (Å²) in [5.74, 6) is -1.48. The molecule has 2 aromatic rings. The van der Waals surface area contributed by atoms with Gasteiger partial charge in [-0.1, -0.05) is 30.3 Å². The Bertz CT molecular complexity index is 925. The van der Waals surface area contributed by atoms with Crippen LogP contribution in [0.25, 0.3) is 0 Å². The molecule has 7 nitrogen and oxygen atoms in total. The summed E-state index contributed by atoms with van der Waals surface area (Å²) in [5.41, 5.74) is 4.12. The van der Waals surface area contributed by atoms with Crippen LogP contribution in [0.5, 0.6) is 0 Å². The number of benzene rings is 2. The topological polar surface area (TPSA) is 99.3 Å². The van der Waals surface area contributed by atoms with E-state index in [4.69, 9.17) is 0 Å². The zero-order valence-corrected chi connectivity index (χ0v) is 14.7. The molecule has 3 amide bonds. The molecule has 7 heteroatoms. The maximum atomic E-state index is 12.3. The Balaban J connectivity index is 1.39. The lowest BCUT2D eigenvalue weighted by atomic mass is 9.91. The number of anilines is 1. The second-order valence-electron chi connectivity index (χ2n) is 6.71. The van der Waals surface area contributed by atoms with Crippen LogP contribution in [0, 0.1) is 0 Å². The van der Waals surface area contributed by atoms with Crippen LogP contribution in [0.1, 0.15) is 33.0 Å². The van der Waals surface area contributed by atoms with Crippen molar-refractivity contribution < 1.29 is 14.4 Å². The predicted molar refractivity (Wildman–Crippen MR) is 100 cm³/mol. The van der Waals surface area contributed by atoms with Gasteiger partial charge in [-0.15, -0.1) is 0 Å². The van der Waals surface area contributed by atoms with Gasteiger partial charge in [-0.05, 0) is 23.3 Å². The molecule has 4 N–H and O–H groups in total. The van der Waals surface area contributed by atoms with Crippen molar-refractivity contribution in [1.29, 1.82) is 0 Å². The standard InChI is InChI=1S/C20H20N4O3/c25-18-15-6-3-7-17(16(15)11-23-18)24-20(27)19(26)22-10-13-9-21-8-12-4-1-2-5-14(12)13/h1-7,13,21H,8-11H2,(H,22,26)(H,23,25)(H,24,27). The van der Waals surface area contributed by atoms with Crippen LogP contribution >= 0.6 is 0 Å². The summed E-state index contributed by atoms with van der Waals surface area (Å²) < 4.78 is 0. The zero-order valence-electron chi connectivity index (χ0n) is 14.7. The van der Waals surface area contributed by atoms with Gasteiger partial charge in [0.2, 0.25) is 0 Å². The smallest absolute Gasteiger partial charge is 0.313 e. The van der Waals surface area contributed by atoms with Crippen molar-refractivity contribution in [2.24, 2.45) is 0 Å². The molecule has 0 saturated carbocycles. The highest BCUT2D eigenvalue weighted by atomic mass is 16.2. The number of hydrogen-bond donors (Lipinski definition) is 4. The highest BCUT2D eigenvalue weighted by Gasteiger charge is 2.25. The first-order chi connectivity index (χ1) is 13.1. The first kappa shape index (κ1) is 17.2. The average molecular weight is 364 g/mol. The summed E-state index contributed by atoms with van der Waals surface area (Å²) >= 11 is 0. The van der Waals surface area contributed by atoms with Crippen molar-refractivity contribution in [2.45, 2.75) is 19.0 Å². The molecule has 0 fully saturated rings. The molecule has 2 heterocycles. The maximum Gasteiger partial charge on any atom is 0.313 e. The van der Waals surface area contributed by atoms with Gasteiger partial charge in [0.05, 0.1) is 0 Å². The second-order valence-corrected chi connectivity index (χ2v) is 6.71. The molecule has 1 atom stereocenters. The molecular weight excluding hydrogens is 344 g/mol. The predicted octanol–water partition coefficient (Wildman–Crippen LogP) is 0.872. The van der Waals surface area contributed by atoms with Crippen LogP contribution in [0.15, 0.2) is 42.5 Å². The second kappa shape index (κ2) is 7.20. The molecule has 0 aliphatic carbocycles. The first-order valence-electron chi connectivity index (χ1n) is 8.91. The van der Waals surface area contributed by atoms with E-state index in [1.807, 2.05) is 12.1 Å². The quantitative estimate of drug-likeness (QED) is 0.608.